The van der Waals surface area contributed by atoms with E-state index in [4.69, 9.17) is 4.74 Å². The largest absolute Gasteiger partial charge is 0.481 e. The van der Waals surface area contributed by atoms with E-state index in [1.807, 2.05) is 0 Å². The second kappa shape index (κ2) is 21.7. The molecule has 0 fully saturated rings. The van der Waals surface area contributed by atoms with Crippen LogP contribution in [0.15, 0.2) is 0 Å². The molecule has 37 heavy (non-hydrogen) atoms. The summed E-state index contributed by atoms with van der Waals surface area (Å²) in [5.74, 6) is -3.31. The second-order valence-corrected chi connectivity index (χ2v) is 10.2. The van der Waals surface area contributed by atoms with Gasteiger partial charge in [-0.05, 0) is 44.9 Å². The number of aliphatic carboxylic acids is 3. The molecule has 0 aliphatic carbocycles. The van der Waals surface area contributed by atoms with Gasteiger partial charge in [-0.2, -0.15) is 0 Å². The summed E-state index contributed by atoms with van der Waals surface area (Å²) in [4.78, 5) is 46.7. The average Bonchev–Trinajstić information content (AvgIpc) is 2.83. The summed E-state index contributed by atoms with van der Waals surface area (Å²) in [6.07, 6.45) is 12.8. The first-order valence-electron chi connectivity index (χ1n) is 14.3. The van der Waals surface area contributed by atoms with E-state index in [1.54, 1.807) is 0 Å². The van der Waals surface area contributed by atoms with E-state index in [0.717, 1.165) is 51.4 Å². The maximum absolute atomic E-state index is 13.0. The predicted molar refractivity (Wildman–Crippen MR) is 143 cm³/mol. The summed E-state index contributed by atoms with van der Waals surface area (Å²) in [7, 11) is 0. The molecule has 4 N–H and O–H groups in total. The van der Waals surface area contributed by atoms with E-state index >= 15 is 0 Å². The van der Waals surface area contributed by atoms with Gasteiger partial charge >= 0.3 is 24.0 Å². The first-order chi connectivity index (χ1) is 17.6. The number of hydrogen-bond donors (Lipinski definition) is 4. The number of alkyl carbamates (subject to hydrolysis) is 1. The van der Waals surface area contributed by atoms with Crippen molar-refractivity contribution in [3.63, 3.8) is 0 Å². The smallest absolute Gasteiger partial charge is 0.407 e. The average molecular weight is 530 g/mol. The topological polar surface area (TPSA) is 150 Å². The van der Waals surface area contributed by atoms with Crippen LogP contribution >= 0.6 is 0 Å². The second-order valence-electron chi connectivity index (χ2n) is 10.2. The number of rotatable bonds is 25. The van der Waals surface area contributed by atoms with Gasteiger partial charge in [-0.1, -0.05) is 78.1 Å². The highest BCUT2D eigenvalue weighted by molar-refractivity contribution is 5.71. The maximum atomic E-state index is 13.0. The van der Waals surface area contributed by atoms with Crippen LogP contribution < -0.4 is 5.32 Å². The summed E-state index contributed by atoms with van der Waals surface area (Å²) in [5, 5.41) is 30.3. The van der Waals surface area contributed by atoms with Crippen LogP contribution in [0.3, 0.4) is 0 Å². The summed E-state index contributed by atoms with van der Waals surface area (Å²) in [5.41, 5.74) is -1.28. The zero-order valence-corrected chi connectivity index (χ0v) is 23.1. The van der Waals surface area contributed by atoms with Crippen LogP contribution in [0.4, 0.5) is 4.79 Å². The van der Waals surface area contributed by atoms with Gasteiger partial charge in [-0.25, -0.2) is 4.79 Å². The fraction of sp³-hybridized carbons (Fsp3) is 0.857. The molecule has 216 valence electrons. The Hall–Kier alpha value is -2.32. The molecule has 9 heteroatoms. The Bertz CT molecular complexity index is 591. The number of carbonyl (C=O) groups excluding carboxylic acids is 1. The summed E-state index contributed by atoms with van der Waals surface area (Å²) < 4.78 is 5.79. The van der Waals surface area contributed by atoms with Crippen molar-refractivity contribution in [2.75, 3.05) is 0 Å². The van der Waals surface area contributed by atoms with Crippen LogP contribution in [-0.4, -0.2) is 51.0 Å². The van der Waals surface area contributed by atoms with E-state index < -0.39 is 29.5 Å². The van der Waals surface area contributed by atoms with Crippen LogP contribution in [0.2, 0.25) is 0 Å². The highest BCUT2D eigenvalue weighted by atomic mass is 16.6. The van der Waals surface area contributed by atoms with Crippen LogP contribution in [0.25, 0.3) is 0 Å². The number of unbranched alkanes of at least 4 members (excludes halogenated alkanes) is 10. The maximum Gasteiger partial charge on any atom is 0.407 e. The first-order valence-corrected chi connectivity index (χ1v) is 14.3. The molecule has 1 amide bonds. The Labute approximate surface area is 222 Å². The van der Waals surface area contributed by atoms with Crippen molar-refractivity contribution in [2.45, 2.75) is 154 Å². The molecule has 0 aliphatic rings. The molecule has 0 rings (SSSR count). The van der Waals surface area contributed by atoms with Gasteiger partial charge in [0, 0.05) is 24.8 Å². The van der Waals surface area contributed by atoms with Gasteiger partial charge in [0.1, 0.15) is 6.10 Å². The molecule has 0 bridgehead atoms. The molecule has 0 saturated carbocycles. The SMILES string of the molecule is CCCCCCCCC(CCCCCCCC)OC(=O)NC(CCC(=O)O)(CCC(=O)O)CCC(=O)O. The van der Waals surface area contributed by atoms with Gasteiger partial charge in [0.25, 0.3) is 0 Å². The van der Waals surface area contributed by atoms with Crippen LogP contribution in [0.1, 0.15) is 142 Å². The Morgan fingerprint density at radius 2 is 0.973 bits per heavy atom. The third kappa shape index (κ3) is 20.4. The Morgan fingerprint density at radius 3 is 1.32 bits per heavy atom. The van der Waals surface area contributed by atoms with E-state index in [1.165, 1.54) is 38.5 Å². The Balaban J connectivity index is 5.26. The molecule has 0 saturated heterocycles. The quantitative estimate of drug-likeness (QED) is 0.0931. The third-order valence-corrected chi connectivity index (χ3v) is 6.85. The van der Waals surface area contributed by atoms with Gasteiger partial charge in [-0.3, -0.25) is 14.4 Å². The first kappa shape index (κ1) is 34.7. The highest BCUT2D eigenvalue weighted by Gasteiger charge is 2.34. The molecule has 9 nitrogen and oxygen atoms in total. The molecular formula is C28H51NO8. The Kier molecular flexibility index (Phi) is 20.4. The Morgan fingerprint density at radius 1 is 0.622 bits per heavy atom. The van der Waals surface area contributed by atoms with Gasteiger partial charge in [0.15, 0.2) is 0 Å². The van der Waals surface area contributed by atoms with E-state index in [9.17, 15) is 34.5 Å². The number of ether oxygens (including phenoxy) is 1. The molecule has 0 heterocycles. The van der Waals surface area contributed by atoms with E-state index in [-0.39, 0.29) is 44.6 Å². The van der Waals surface area contributed by atoms with Crippen molar-refractivity contribution in [1.82, 2.24) is 5.32 Å². The van der Waals surface area contributed by atoms with E-state index in [0.29, 0.717) is 0 Å². The number of carboxylic acids is 3. The molecule has 0 aliphatic heterocycles. The highest BCUT2D eigenvalue weighted by Crippen LogP contribution is 2.27. The van der Waals surface area contributed by atoms with E-state index in [2.05, 4.69) is 19.2 Å². The summed E-state index contributed by atoms with van der Waals surface area (Å²) >= 11 is 0. The molecule has 0 radical (unpaired) electrons. The lowest BCUT2D eigenvalue weighted by molar-refractivity contribution is -0.137. The van der Waals surface area contributed by atoms with Crippen molar-refractivity contribution in [3.8, 4) is 0 Å². The van der Waals surface area contributed by atoms with Crippen molar-refractivity contribution in [3.05, 3.63) is 0 Å². The zero-order chi connectivity index (χ0) is 27.9. The van der Waals surface area contributed by atoms with Crippen molar-refractivity contribution < 1.29 is 39.2 Å². The minimum atomic E-state index is -1.28. The number of nitrogens with one attached hydrogen (secondary N) is 1. The number of carboxylic acid groups (broad SMARTS) is 3. The van der Waals surface area contributed by atoms with Gasteiger partial charge in [-0.15, -0.1) is 0 Å². The monoisotopic (exact) mass is 529 g/mol. The standard InChI is InChI=1S/C28H51NO8/c1-3-5-7-9-11-13-15-23(16-14-12-10-8-6-4-2)37-27(36)29-28(20-17-24(30)31,21-18-25(32)33)22-19-26(34)35/h23H,3-22H2,1-2H3,(H,29,36)(H,30,31)(H,32,33)(H,34,35). The summed E-state index contributed by atoms with van der Waals surface area (Å²) in [6.45, 7) is 4.35. The van der Waals surface area contributed by atoms with Gasteiger partial charge < -0.3 is 25.4 Å². The lowest BCUT2D eigenvalue weighted by Gasteiger charge is -2.34. The van der Waals surface area contributed by atoms with Crippen molar-refractivity contribution in [1.29, 1.82) is 0 Å². The lowest BCUT2D eigenvalue weighted by atomic mass is 9.83. The van der Waals surface area contributed by atoms with Gasteiger partial charge in [0.05, 0.1) is 0 Å². The molecular weight excluding hydrogens is 478 g/mol. The molecule has 0 aromatic carbocycles. The molecule has 0 atom stereocenters. The van der Waals surface area contributed by atoms with Crippen molar-refractivity contribution in [2.24, 2.45) is 0 Å². The normalized spacial score (nSPS) is 11.4. The van der Waals surface area contributed by atoms with Gasteiger partial charge in [0.2, 0.25) is 0 Å². The minimum absolute atomic E-state index is 0.0719. The lowest BCUT2D eigenvalue weighted by Crippen LogP contribution is -2.50. The molecule has 0 aromatic heterocycles. The molecule has 0 unspecified atom stereocenters. The summed E-state index contributed by atoms with van der Waals surface area (Å²) in [6, 6.07) is 0. The number of carbonyl (C=O) groups is 4. The molecule has 0 aromatic rings. The fourth-order valence-electron chi connectivity index (χ4n) is 4.57. The molecule has 0 spiro atoms. The predicted octanol–water partition coefficient (Wildman–Crippen LogP) is 6.92. The zero-order valence-electron chi connectivity index (χ0n) is 23.1. The number of amides is 1. The van der Waals surface area contributed by atoms with Crippen molar-refractivity contribution >= 4 is 24.0 Å². The van der Waals surface area contributed by atoms with Crippen LogP contribution in [0, 0.1) is 0 Å². The fourth-order valence-corrected chi connectivity index (χ4v) is 4.57. The number of hydrogen-bond acceptors (Lipinski definition) is 5. The van der Waals surface area contributed by atoms with Crippen LogP contribution in [-0.2, 0) is 19.1 Å². The minimum Gasteiger partial charge on any atom is -0.481 e. The third-order valence-electron chi connectivity index (χ3n) is 6.85. The van der Waals surface area contributed by atoms with Crippen LogP contribution in [0.5, 0.6) is 0 Å².